The molecule has 0 aliphatic carbocycles. The number of aromatic amines is 1. The second-order valence-corrected chi connectivity index (χ2v) is 6.05. The zero-order valence-corrected chi connectivity index (χ0v) is 12.6. The van der Waals surface area contributed by atoms with Gasteiger partial charge in [0, 0.05) is 17.7 Å². The van der Waals surface area contributed by atoms with Crippen molar-refractivity contribution in [2.45, 2.75) is 39.5 Å². The monoisotopic (exact) mass is 284 g/mol. The number of fused-ring (bicyclic) bond motifs is 1. The molecule has 5 nitrogen and oxygen atoms in total. The number of hydrogen-bond donors (Lipinski definition) is 1. The molecule has 3 rings (SSSR count). The smallest absolute Gasteiger partial charge is 0.229 e. The molecule has 2 aromatic heterocycles. The average Bonchev–Trinajstić information content (AvgIpc) is 3.06. The van der Waals surface area contributed by atoms with E-state index in [1.165, 1.54) is 0 Å². The first-order valence-corrected chi connectivity index (χ1v) is 7.36. The van der Waals surface area contributed by atoms with Crippen molar-refractivity contribution in [3.63, 3.8) is 0 Å². The molecule has 0 saturated heterocycles. The third-order valence-corrected chi connectivity index (χ3v) is 3.60. The first-order chi connectivity index (χ1) is 10.1. The Balaban J connectivity index is 1.74. The summed E-state index contributed by atoms with van der Waals surface area (Å²) < 4.78 is 5.39. The second kappa shape index (κ2) is 5.68. The SMILES string of the molecule is CC(C)CC(C)c1nc(Cc2ccc3[nH]ncc3c2)no1. The minimum absolute atomic E-state index is 0.308. The topological polar surface area (TPSA) is 67.6 Å². The average molecular weight is 284 g/mol. The summed E-state index contributed by atoms with van der Waals surface area (Å²) in [5.41, 5.74) is 2.20. The van der Waals surface area contributed by atoms with Crippen molar-refractivity contribution in [3.05, 3.63) is 41.7 Å². The Hall–Kier alpha value is -2.17. The van der Waals surface area contributed by atoms with Crippen molar-refractivity contribution in [1.82, 2.24) is 20.3 Å². The van der Waals surface area contributed by atoms with Gasteiger partial charge >= 0.3 is 0 Å². The molecule has 1 unspecified atom stereocenters. The van der Waals surface area contributed by atoms with Gasteiger partial charge in [0.05, 0.1) is 11.7 Å². The van der Waals surface area contributed by atoms with Crippen LogP contribution < -0.4 is 0 Å². The summed E-state index contributed by atoms with van der Waals surface area (Å²) in [5, 5.41) is 12.2. The van der Waals surface area contributed by atoms with Gasteiger partial charge in [-0.3, -0.25) is 5.10 Å². The lowest BCUT2D eigenvalue weighted by atomic mass is 9.99. The highest BCUT2D eigenvalue weighted by atomic mass is 16.5. The van der Waals surface area contributed by atoms with Gasteiger partial charge in [-0.1, -0.05) is 32.0 Å². The molecule has 0 aliphatic rings. The first kappa shape index (κ1) is 13.8. The van der Waals surface area contributed by atoms with E-state index in [4.69, 9.17) is 4.52 Å². The molecule has 110 valence electrons. The standard InChI is InChI=1S/C16H20N4O/c1-10(2)6-11(3)16-18-15(20-21-16)8-12-4-5-14-13(7-12)9-17-19-14/h4-5,7,9-11H,6,8H2,1-3H3,(H,17,19). The third-order valence-electron chi connectivity index (χ3n) is 3.60. The molecule has 0 bridgehead atoms. The highest BCUT2D eigenvalue weighted by molar-refractivity contribution is 5.78. The van der Waals surface area contributed by atoms with Gasteiger partial charge in [0.1, 0.15) is 0 Å². The van der Waals surface area contributed by atoms with E-state index in [0.717, 1.165) is 34.6 Å². The Bertz CT molecular complexity index is 729. The Kier molecular flexibility index (Phi) is 3.73. The highest BCUT2D eigenvalue weighted by Crippen LogP contribution is 2.22. The maximum atomic E-state index is 5.39. The van der Waals surface area contributed by atoms with Crippen molar-refractivity contribution in [3.8, 4) is 0 Å². The second-order valence-electron chi connectivity index (χ2n) is 6.05. The first-order valence-electron chi connectivity index (χ1n) is 7.36. The normalized spacial score (nSPS) is 13.1. The lowest BCUT2D eigenvalue weighted by molar-refractivity contribution is 0.338. The molecule has 1 atom stereocenters. The summed E-state index contributed by atoms with van der Waals surface area (Å²) in [6, 6.07) is 6.19. The summed E-state index contributed by atoms with van der Waals surface area (Å²) in [6.45, 7) is 6.54. The van der Waals surface area contributed by atoms with Gasteiger partial charge in [-0.05, 0) is 30.0 Å². The quantitative estimate of drug-likeness (QED) is 0.776. The van der Waals surface area contributed by atoms with Crippen LogP contribution in [0.5, 0.6) is 0 Å². The number of rotatable bonds is 5. The summed E-state index contributed by atoms with van der Waals surface area (Å²) in [5.74, 6) is 2.41. The van der Waals surface area contributed by atoms with E-state index in [1.807, 2.05) is 12.3 Å². The van der Waals surface area contributed by atoms with Crippen molar-refractivity contribution < 1.29 is 4.52 Å². The van der Waals surface area contributed by atoms with Gasteiger partial charge in [-0.25, -0.2) is 0 Å². The Morgan fingerprint density at radius 2 is 2.10 bits per heavy atom. The van der Waals surface area contributed by atoms with Gasteiger partial charge in [-0.2, -0.15) is 10.1 Å². The van der Waals surface area contributed by atoms with Crippen LogP contribution in [0.4, 0.5) is 0 Å². The Morgan fingerprint density at radius 3 is 2.90 bits per heavy atom. The number of H-pyrrole nitrogens is 1. The lowest BCUT2D eigenvalue weighted by Gasteiger charge is -2.08. The van der Waals surface area contributed by atoms with Crippen molar-refractivity contribution in [2.75, 3.05) is 0 Å². The fraction of sp³-hybridized carbons (Fsp3) is 0.438. The van der Waals surface area contributed by atoms with Crippen LogP contribution in [0.1, 0.15) is 50.4 Å². The number of nitrogens with one attached hydrogen (secondary N) is 1. The minimum Gasteiger partial charge on any atom is -0.339 e. The van der Waals surface area contributed by atoms with Crippen LogP contribution in [0.3, 0.4) is 0 Å². The minimum atomic E-state index is 0.308. The summed E-state index contributed by atoms with van der Waals surface area (Å²) >= 11 is 0. The molecule has 0 radical (unpaired) electrons. The molecule has 3 aromatic rings. The predicted molar refractivity (Wildman–Crippen MR) is 81.1 cm³/mol. The number of aromatic nitrogens is 4. The number of benzene rings is 1. The van der Waals surface area contributed by atoms with E-state index in [9.17, 15) is 0 Å². The molecule has 0 spiro atoms. The van der Waals surface area contributed by atoms with Crippen LogP contribution in [0.2, 0.25) is 0 Å². The van der Waals surface area contributed by atoms with E-state index >= 15 is 0 Å². The maximum absolute atomic E-state index is 5.39. The van der Waals surface area contributed by atoms with Crippen LogP contribution in [0, 0.1) is 5.92 Å². The van der Waals surface area contributed by atoms with Crippen LogP contribution in [-0.4, -0.2) is 20.3 Å². The summed E-state index contributed by atoms with van der Waals surface area (Å²) in [6.07, 6.45) is 3.56. The van der Waals surface area contributed by atoms with E-state index in [0.29, 0.717) is 18.3 Å². The van der Waals surface area contributed by atoms with Crippen molar-refractivity contribution >= 4 is 10.9 Å². The fourth-order valence-electron chi connectivity index (χ4n) is 2.63. The van der Waals surface area contributed by atoms with Gasteiger partial charge in [0.25, 0.3) is 0 Å². The molecule has 1 aromatic carbocycles. The molecular weight excluding hydrogens is 264 g/mol. The van der Waals surface area contributed by atoms with E-state index in [2.05, 4.69) is 53.2 Å². The van der Waals surface area contributed by atoms with Crippen LogP contribution in [-0.2, 0) is 6.42 Å². The van der Waals surface area contributed by atoms with Gasteiger partial charge < -0.3 is 4.52 Å². The zero-order valence-electron chi connectivity index (χ0n) is 12.6. The maximum Gasteiger partial charge on any atom is 0.229 e. The van der Waals surface area contributed by atoms with Gasteiger partial charge in [0.15, 0.2) is 5.82 Å². The molecule has 0 aliphatic heterocycles. The van der Waals surface area contributed by atoms with Crippen molar-refractivity contribution in [2.24, 2.45) is 5.92 Å². The summed E-state index contributed by atoms with van der Waals surface area (Å²) in [7, 11) is 0. The lowest BCUT2D eigenvalue weighted by Crippen LogP contribution is -1.99. The fourth-order valence-corrected chi connectivity index (χ4v) is 2.63. The molecule has 0 amide bonds. The van der Waals surface area contributed by atoms with E-state index < -0.39 is 0 Å². The molecule has 0 fully saturated rings. The molecular formula is C16H20N4O. The van der Waals surface area contributed by atoms with Crippen LogP contribution in [0.15, 0.2) is 28.9 Å². The number of nitrogens with zero attached hydrogens (tertiary/aromatic N) is 3. The molecule has 21 heavy (non-hydrogen) atoms. The molecule has 2 heterocycles. The highest BCUT2D eigenvalue weighted by Gasteiger charge is 2.15. The Labute approximate surface area is 123 Å². The largest absolute Gasteiger partial charge is 0.339 e. The van der Waals surface area contributed by atoms with E-state index in [1.54, 1.807) is 0 Å². The predicted octanol–water partition coefficient (Wildman–Crippen LogP) is 3.69. The Morgan fingerprint density at radius 1 is 1.24 bits per heavy atom. The van der Waals surface area contributed by atoms with Crippen LogP contribution in [0.25, 0.3) is 10.9 Å². The van der Waals surface area contributed by atoms with Gasteiger partial charge in [-0.15, -0.1) is 0 Å². The third kappa shape index (κ3) is 3.12. The zero-order chi connectivity index (χ0) is 14.8. The molecule has 5 heteroatoms. The molecule has 0 saturated carbocycles. The van der Waals surface area contributed by atoms with E-state index in [-0.39, 0.29) is 0 Å². The van der Waals surface area contributed by atoms with Crippen LogP contribution >= 0.6 is 0 Å². The number of hydrogen-bond acceptors (Lipinski definition) is 4. The van der Waals surface area contributed by atoms with Gasteiger partial charge in [0.2, 0.25) is 5.89 Å². The summed E-state index contributed by atoms with van der Waals surface area (Å²) in [4.78, 5) is 4.53. The molecule has 1 N–H and O–H groups in total. The van der Waals surface area contributed by atoms with Crippen molar-refractivity contribution in [1.29, 1.82) is 0 Å².